The Labute approximate surface area is 79.7 Å². The van der Waals surface area contributed by atoms with Crippen LogP contribution in [0.2, 0.25) is 0 Å². The van der Waals surface area contributed by atoms with E-state index in [4.69, 9.17) is 0 Å². The summed E-state index contributed by atoms with van der Waals surface area (Å²) in [5.41, 5.74) is 0. The molecule has 1 aliphatic rings. The molecule has 1 aromatic heterocycles. The van der Waals surface area contributed by atoms with Gasteiger partial charge in [-0.25, -0.2) is 4.98 Å². The zero-order valence-corrected chi connectivity index (χ0v) is 7.73. The molecule has 0 radical (unpaired) electrons. The van der Waals surface area contributed by atoms with Gasteiger partial charge >= 0.3 is 0 Å². The summed E-state index contributed by atoms with van der Waals surface area (Å²) < 4.78 is 0. The monoisotopic (exact) mass is 198 g/mol. The molecular weight excluding hydrogens is 188 g/mol. The van der Waals surface area contributed by atoms with Gasteiger partial charge in [-0.05, 0) is 0 Å². The minimum atomic E-state index is -0.0879. The maximum absolute atomic E-state index is 11.5. The molecule has 2 rings (SSSR count). The maximum Gasteiger partial charge on any atom is 0.244 e. The number of nitrogens with one attached hydrogen (secondary N) is 3. The summed E-state index contributed by atoms with van der Waals surface area (Å²) >= 11 is 1.72. The van der Waals surface area contributed by atoms with E-state index in [0.29, 0.717) is 5.95 Å². The van der Waals surface area contributed by atoms with Gasteiger partial charge in [0.25, 0.3) is 0 Å². The summed E-state index contributed by atoms with van der Waals surface area (Å²) in [4.78, 5) is 18.2. The molecule has 1 atom stereocenters. The van der Waals surface area contributed by atoms with Gasteiger partial charge in [-0.2, -0.15) is 0 Å². The number of carbonyl (C=O) groups excluding carboxylic acids is 1. The summed E-state index contributed by atoms with van der Waals surface area (Å²) in [5.74, 6) is 2.15. The number of imidazole rings is 1. The first-order valence-corrected chi connectivity index (χ1v) is 5.13. The molecule has 3 N–H and O–H groups in total. The molecule has 1 fully saturated rings. The van der Waals surface area contributed by atoms with E-state index in [2.05, 4.69) is 20.6 Å². The van der Waals surface area contributed by atoms with Gasteiger partial charge in [0, 0.05) is 24.0 Å². The number of aromatic amines is 1. The van der Waals surface area contributed by atoms with E-state index in [1.807, 2.05) is 0 Å². The van der Waals surface area contributed by atoms with Crippen molar-refractivity contribution in [3.63, 3.8) is 0 Å². The number of amides is 1. The number of carbonyl (C=O) groups is 1. The predicted octanol–water partition coefficient (Wildman–Crippen LogP) is 0.0107. The average molecular weight is 198 g/mol. The van der Waals surface area contributed by atoms with Crippen LogP contribution in [0.25, 0.3) is 0 Å². The van der Waals surface area contributed by atoms with Crippen molar-refractivity contribution in [3.05, 3.63) is 12.4 Å². The largest absolute Gasteiger partial charge is 0.331 e. The molecule has 0 saturated carbocycles. The highest BCUT2D eigenvalue weighted by Crippen LogP contribution is 2.10. The second-order valence-corrected chi connectivity index (χ2v) is 3.73. The van der Waals surface area contributed by atoms with Gasteiger partial charge in [-0.15, -0.1) is 11.8 Å². The van der Waals surface area contributed by atoms with Gasteiger partial charge in [0.1, 0.15) is 0 Å². The van der Waals surface area contributed by atoms with Crippen molar-refractivity contribution in [3.8, 4) is 0 Å². The highest BCUT2D eigenvalue weighted by molar-refractivity contribution is 7.99. The Morgan fingerprint density at radius 3 is 3.31 bits per heavy atom. The normalized spacial score (nSPS) is 21.7. The highest BCUT2D eigenvalue weighted by Gasteiger charge is 2.22. The minimum Gasteiger partial charge on any atom is -0.331 e. The topological polar surface area (TPSA) is 69.8 Å². The third kappa shape index (κ3) is 2.02. The average Bonchev–Trinajstić information content (AvgIpc) is 2.74. The van der Waals surface area contributed by atoms with Gasteiger partial charge < -0.3 is 4.98 Å². The molecule has 0 spiro atoms. The lowest BCUT2D eigenvalue weighted by molar-refractivity contribution is -0.117. The Morgan fingerprint density at radius 2 is 2.69 bits per heavy atom. The number of rotatable bonds is 2. The lowest BCUT2D eigenvalue weighted by atomic mass is 10.3. The summed E-state index contributed by atoms with van der Waals surface area (Å²) in [5, 5.41) is 5.76. The standard InChI is InChI=1S/C7H10N4OS/c12-6(5-3-13-4-10-5)11-7-8-1-2-9-7/h1-2,5,10H,3-4H2,(H2,8,9,11,12). The predicted molar refractivity (Wildman–Crippen MR) is 51.5 cm³/mol. The first-order chi connectivity index (χ1) is 6.36. The molecule has 2 heterocycles. The Kier molecular flexibility index (Phi) is 2.51. The number of H-pyrrole nitrogens is 1. The maximum atomic E-state index is 11.5. The molecule has 70 valence electrons. The quantitative estimate of drug-likeness (QED) is 0.626. The molecule has 0 bridgehead atoms. The summed E-state index contributed by atoms with van der Waals surface area (Å²) in [6, 6.07) is -0.0879. The Balaban J connectivity index is 1.91. The fourth-order valence-electron chi connectivity index (χ4n) is 1.10. The number of anilines is 1. The summed E-state index contributed by atoms with van der Waals surface area (Å²) in [6.07, 6.45) is 3.28. The summed E-state index contributed by atoms with van der Waals surface area (Å²) in [7, 11) is 0. The van der Waals surface area contributed by atoms with E-state index in [0.717, 1.165) is 11.6 Å². The molecule has 0 aromatic carbocycles. The van der Waals surface area contributed by atoms with Gasteiger partial charge in [-0.3, -0.25) is 15.4 Å². The van der Waals surface area contributed by atoms with Gasteiger partial charge in [0.2, 0.25) is 11.9 Å². The lowest BCUT2D eigenvalue weighted by Gasteiger charge is -2.07. The van der Waals surface area contributed by atoms with E-state index in [-0.39, 0.29) is 11.9 Å². The molecule has 1 unspecified atom stereocenters. The van der Waals surface area contributed by atoms with Gasteiger partial charge in [-0.1, -0.05) is 0 Å². The first kappa shape index (κ1) is 8.58. The smallest absolute Gasteiger partial charge is 0.244 e. The van der Waals surface area contributed by atoms with Gasteiger partial charge in [0.15, 0.2) is 0 Å². The number of hydrogen-bond acceptors (Lipinski definition) is 4. The first-order valence-electron chi connectivity index (χ1n) is 3.97. The molecule has 13 heavy (non-hydrogen) atoms. The van der Waals surface area contributed by atoms with Crippen LogP contribution >= 0.6 is 11.8 Å². The van der Waals surface area contributed by atoms with Crippen molar-refractivity contribution in [2.24, 2.45) is 0 Å². The van der Waals surface area contributed by atoms with E-state index in [1.54, 1.807) is 24.2 Å². The molecule has 6 heteroatoms. The van der Waals surface area contributed by atoms with Crippen LogP contribution in [0, 0.1) is 0 Å². The van der Waals surface area contributed by atoms with Crippen molar-refractivity contribution >= 4 is 23.6 Å². The van der Waals surface area contributed by atoms with E-state index in [9.17, 15) is 4.79 Å². The second-order valence-electron chi connectivity index (χ2n) is 2.70. The van der Waals surface area contributed by atoms with Crippen molar-refractivity contribution in [2.45, 2.75) is 6.04 Å². The van der Waals surface area contributed by atoms with E-state index in [1.165, 1.54) is 0 Å². The Bertz CT molecular complexity index is 281. The fourth-order valence-corrected chi connectivity index (χ4v) is 2.04. The molecule has 1 amide bonds. The zero-order valence-electron chi connectivity index (χ0n) is 6.91. The van der Waals surface area contributed by atoms with Gasteiger partial charge in [0.05, 0.1) is 6.04 Å². The highest BCUT2D eigenvalue weighted by atomic mass is 32.2. The van der Waals surface area contributed by atoms with E-state index < -0.39 is 0 Å². The lowest BCUT2D eigenvalue weighted by Crippen LogP contribution is -2.37. The molecule has 5 nitrogen and oxygen atoms in total. The number of aromatic nitrogens is 2. The molecule has 1 aromatic rings. The Morgan fingerprint density at radius 1 is 1.77 bits per heavy atom. The number of thioether (sulfide) groups is 1. The zero-order chi connectivity index (χ0) is 9.10. The SMILES string of the molecule is O=C(Nc1ncc[nH]1)C1CSCN1. The number of nitrogens with zero attached hydrogens (tertiary/aromatic N) is 1. The third-order valence-electron chi connectivity index (χ3n) is 1.77. The van der Waals surface area contributed by atoms with Crippen molar-refractivity contribution < 1.29 is 4.79 Å². The van der Waals surface area contributed by atoms with Crippen LogP contribution in [0.5, 0.6) is 0 Å². The van der Waals surface area contributed by atoms with Crippen LogP contribution in [0.15, 0.2) is 12.4 Å². The van der Waals surface area contributed by atoms with Crippen LogP contribution in [0.1, 0.15) is 0 Å². The fraction of sp³-hybridized carbons (Fsp3) is 0.429. The van der Waals surface area contributed by atoms with Crippen LogP contribution in [0.3, 0.4) is 0 Å². The molecule has 0 aliphatic carbocycles. The van der Waals surface area contributed by atoms with Crippen molar-refractivity contribution in [1.29, 1.82) is 0 Å². The second kappa shape index (κ2) is 3.80. The third-order valence-corrected chi connectivity index (χ3v) is 2.71. The van der Waals surface area contributed by atoms with Crippen molar-refractivity contribution in [1.82, 2.24) is 15.3 Å². The molecule has 1 saturated heterocycles. The van der Waals surface area contributed by atoms with Crippen LogP contribution in [-0.4, -0.2) is 33.5 Å². The Hall–Kier alpha value is -1.01. The van der Waals surface area contributed by atoms with E-state index >= 15 is 0 Å². The molecular formula is C7H10N4OS. The summed E-state index contributed by atoms with van der Waals surface area (Å²) in [6.45, 7) is 0. The minimum absolute atomic E-state index is 0.0278. The van der Waals surface area contributed by atoms with Crippen molar-refractivity contribution in [2.75, 3.05) is 16.9 Å². The van der Waals surface area contributed by atoms with Crippen LogP contribution in [0.4, 0.5) is 5.95 Å². The van der Waals surface area contributed by atoms with Crippen LogP contribution < -0.4 is 10.6 Å². The number of hydrogen-bond donors (Lipinski definition) is 3. The van der Waals surface area contributed by atoms with Crippen LogP contribution in [-0.2, 0) is 4.79 Å². The molecule has 1 aliphatic heterocycles.